The van der Waals surface area contributed by atoms with Crippen molar-refractivity contribution in [3.05, 3.63) is 60.2 Å². The van der Waals surface area contributed by atoms with Gasteiger partial charge in [-0.3, -0.25) is 0 Å². The number of fused-ring (bicyclic) bond motifs is 1. The van der Waals surface area contributed by atoms with Gasteiger partial charge in [-0.05, 0) is 31.4 Å². The van der Waals surface area contributed by atoms with Gasteiger partial charge in [0.1, 0.15) is 10.8 Å². The predicted octanol–water partition coefficient (Wildman–Crippen LogP) is 5.31. The summed E-state index contributed by atoms with van der Waals surface area (Å²) in [6.45, 7) is 5.29. The zero-order valence-corrected chi connectivity index (χ0v) is 15.2. The van der Waals surface area contributed by atoms with Crippen LogP contribution in [-0.2, 0) is 10.5 Å². The lowest BCUT2D eigenvalue weighted by molar-refractivity contribution is -0.130. The first-order valence-corrected chi connectivity index (χ1v) is 9.65. The number of aromatic nitrogens is 1. The van der Waals surface area contributed by atoms with Crippen LogP contribution in [0.15, 0.2) is 54.6 Å². The molecule has 0 saturated heterocycles. The fourth-order valence-electron chi connectivity index (χ4n) is 2.24. The van der Waals surface area contributed by atoms with E-state index in [0.717, 1.165) is 32.1 Å². The van der Waals surface area contributed by atoms with E-state index in [2.05, 4.69) is 17.6 Å². The van der Waals surface area contributed by atoms with E-state index in [4.69, 9.17) is 4.74 Å². The van der Waals surface area contributed by atoms with Gasteiger partial charge in [0.25, 0.3) is 0 Å². The van der Waals surface area contributed by atoms with Crippen molar-refractivity contribution < 1.29 is 9.53 Å². The van der Waals surface area contributed by atoms with E-state index in [1.165, 1.54) is 0 Å². The van der Waals surface area contributed by atoms with Crippen molar-refractivity contribution in [1.82, 2.24) is 4.98 Å². The average Bonchev–Trinajstić information content (AvgIpc) is 3.00. The molecule has 0 aliphatic carbocycles. The van der Waals surface area contributed by atoms with E-state index >= 15 is 0 Å². The highest BCUT2D eigenvalue weighted by molar-refractivity contribution is 7.97. The fourth-order valence-corrected chi connectivity index (χ4v) is 3.75. The number of hydrogen-bond donors (Lipinski definition) is 0. The van der Waals surface area contributed by atoms with Gasteiger partial charge < -0.3 is 4.74 Å². The molecule has 2 aromatic carbocycles. The molecule has 0 bridgehead atoms. The minimum Gasteiger partial charge on any atom is -0.423 e. The Hall–Kier alpha value is -2.11. The molecule has 0 amide bonds. The van der Waals surface area contributed by atoms with Gasteiger partial charge >= 0.3 is 5.97 Å². The minimum atomic E-state index is -0.404. The molecule has 1 heterocycles. The smallest absolute Gasteiger partial charge is 0.338 e. The first kappa shape index (κ1) is 16.7. The van der Waals surface area contributed by atoms with Crippen LogP contribution < -0.4 is 4.74 Å². The van der Waals surface area contributed by atoms with Crippen LogP contribution in [0.5, 0.6) is 5.75 Å². The Labute approximate surface area is 149 Å². The summed E-state index contributed by atoms with van der Waals surface area (Å²) in [5.74, 6) is 0.951. The van der Waals surface area contributed by atoms with Crippen LogP contribution in [0, 0.1) is 0 Å². The molecule has 0 spiro atoms. The second kappa shape index (κ2) is 7.20. The first-order chi connectivity index (χ1) is 11.6. The zero-order valence-electron chi connectivity index (χ0n) is 13.5. The van der Waals surface area contributed by atoms with Crippen LogP contribution in [0.3, 0.4) is 0 Å². The third-order valence-electron chi connectivity index (χ3n) is 3.46. The summed E-state index contributed by atoms with van der Waals surface area (Å²) in [6.07, 6.45) is 2.02. The summed E-state index contributed by atoms with van der Waals surface area (Å²) in [5, 5.41) is 0.916. The molecule has 0 N–H and O–H groups in total. The van der Waals surface area contributed by atoms with Crippen LogP contribution in [0.2, 0.25) is 0 Å². The molecule has 0 aliphatic heterocycles. The summed E-state index contributed by atoms with van der Waals surface area (Å²) in [4.78, 5) is 16.6. The molecule has 0 aliphatic rings. The van der Waals surface area contributed by atoms with E-state index in [1.807, 2.05) is 42.7 Å². The topological polar surface area (TPSA) is 39.2 Å². The molecule has 3 aromatic rings. The van der Waals surface area contributed by atoms with Gasteiger partial charge in [0.15, 0.2) is 0 Å². The number of carbonyl (C=O) groups excluding carboxylic acids is 1. The van der Waals surface area contributed by atoms with E-state index in [0.29, 0.717) is 11.3 Å². The summed E-state index contributed by atoms with van der Waals surface area (Å²) in [6, 6.07) is 14.0. The molecular formula is C19H17NO2S2. The summed E-state index contributed by atoms with van der Waals surface area (Å²) in [5.41, 5.74) is 3.30. The summed E-state index contributed by atoms with van der Waals surface area (Å²) in [7, 11) is 0. The molecule has 3 nitrogen and oxygen atoms in total. The molecule has 0 unspecified atom stereocenters. The highest BCUT2D eigenvalue weighted by Crippen LogP contribution is 2.34. The van der Waals surface area contributed by atoms with Crippen LogP contribution in [0.25, 0.3) is 20.8 Å². The number of ether oxygens (including phenoxy) is 1. The Balaban J connectivity index is 2.02. The molecule has 24 heavy (non-hydrogen) atoms. The van der Waals surface area contributed by atoms with Gasteiger partial charge in [-0.25, -0.2) is 9.78 Å². The molecule has 5 heteroatoms. The molecule has 0 fully saturated rings. The number of carbonyl (C=O) groups is 1. The zero-order chi connectivity index (χ0) is 17.1. The van der Waals surface area contributed by atoms with Gasteiger partial charge in [-0.1, -0.05) is 30.8 Å². The van der Waals surface area contributed by atoms with Crippen molar-refractivity contribution in [2.45, 2.75) is 12.7 Å². The number of thiazole rings is 1. The maximum absolute atomic E-state index is 11.9. The van der Waals surface area contributed by atoms with Crippen LogP contribution in [-0.4, -0.2) is 17.2 Å². The van der Waals surface area contributed by atoms with E-state index in [1.54, 1.807) is 30.0 Å². The van der Waals surface area contributed by atoms with Gasteiger partial charge in [0.05, 0.1) is 10.2 Å². The van der Waals surface area contributed by atoms with E-state index in [9.17, 15) is 4.79 Å². The number of thioether (sulfide) groups is 1. The van der Waals surface area contributed by atoms with Crippen molar-refractivity contribution in [1.29, 1.82) is 0 Å². The maximum Gasteiger partial charge on any atom is 0.338 e. The second-order valence-electron chi connectivity index (χ2n) is 5.41. The first-order valence-electron chi connectivity index (χ1n) is 7.44. The third kappa shape index (κ3) is 3.52. The van der Waals surface area contributed by atoms with Gasteiger partial charge in [-0.2, -0.15) is 11.8 Å². The summed E-state index contributed by atoms with van der Waals surface area (Å²) < 4.78 is 6.66. The van der Waals surface area contributed by atoms with E-state index in [-0.39, 0.29) is 0 Å². The average molecular weight is 355 g/mol. The summed E-state index contributed by atoms with van der Waals surface area (Å²) >= 11 is 3.31. The Bertz CT molecular complexity index is 882. The Morgan fingerprint density at radius 2 is 2.08 bits per heavy atom. The molecule has 3 rings (SSSR count). The largest absolute Gasteiger partial charge is 0.423 e. The van der Waals surface area contributed by atoms with Gasteiger partial charge in [0, 0.05) is 22.5 Å². The highest BCUT2D eigenvalue weighted by atomic mass is 32.2. The van der Waals surface area contributed by atoms with E-state index < -0.39 is 5.97 Å². The van der Waals surface area contributed by atoms with Crippen molar-refractivity contribution in [2.75, 3.05) is 6.26 Å². The number of benzene rings is 2. The lowest BCUT2D eigenvalue weighted by Crippen LogP contribution is -2.09. The molecule has 122 valence electrons. The Morgan fingerprint density at radius 3 is 2.79 bits per heavy atom. The van der Waals surface area contributed by atoms with Crippen molar-refractivity contribution in [2.24, 2.45) is 0 Å². The van der Waals surface area contributed by atoms with Crippen molar-refractivity contribution >= 4 is 39.3 Å². The lowest BCUT2D eigenvalue weighted by atomic mass is 10.1. The lowest BCUT2D eigenvalue weighted by Gasteiger charge is -2.10. The maximum atomic E-state index is 11.9. The number of para-hydroxylation sites is 1. The second-order valence-corrected chi connectivity index (χ2v) is 7.31. The highest BCUT2D eigenvalue weighted by Gasteiger charge is 2.13. The van der Waals surface area contributed by atoms with Crippen molar-refractivity contribution in [3.63, 3.8) is 0 Å². The predicted molar refractivity (Wildman–Crippen MR) is 103 cm³/mol. The van der Waals surface area contributed by atoms with Crippen LogP contribution in [0.1, 0.15) is 12.5 Å². The monoisotopic (exact) mass is 355 g/mol. The SMILES string of the molecule is C=C(C)C(=O)Oc1cc(-c2nc3ccccc3s2)ccc1CSC. The number of nitrogens with zero attached hydrogens (tertiary/aromatic N) is 1. The molecule has 1 aromatic heterocycles. The third-order valence-corrected chi connectivity index (χ3v) is 5.14. The molecule has 0 radical (unpaired) electrons. The molecule has 0 atom stereocenters. The number of esters is 1. The van der Waals surface area contributed by atoms with Gasteiger partial charge in [-0.15, -0.1) is 11.3 Å². The van der Waals surface area contributed by atoms with Gasteiger partial charge in [0.2, 0.25) is 0 Å². The normalized spacial score (nSPS) is 10.8. The standard InChI is InChI=1S/C19H17NO2S2/c1-12(2)19(21)22-16-10-13(8-9-14(16)11-23-3)18-20-15-6-4-5-7-17(15)24-18/h4-10H,1,11H2,2-3H3. The van der Waals surface area contributed by atoms with Crippen LogP contribution >= 0.6 is 23.1 Å². The minimum absolute atomic E-state index is 0.385. The number of rotatable bonds is 5. The quantitative estimate of drug-likeness (QED) is 0.353. The number of hydrogen-bond acceptors (Lipinski definition) is 5. The molecule has 0 saturated carbocycles. The molecular weight excluding hydrogens is 338 g/mol. The Morgan fingerprint density at radius 1 is 1.29 bits per heavy atom. The van der Waals surface area contributed by atoms with Crippen molar-refractivity contribution in [3.8, 4) is 16.3 Å². The van der Waals surface area contributed by atoms with Crippen LogP contribution in [0.4, 0.5) is 0 Å². The fraction of sp³-hybridized carbons (Fsp3) is 0.158. The Kier molecular flexibility index (Phi) is 5.02.